The molecule has 0 bridgehead atoms. The molecule has 4 N–H and O–H groups in total. The van der Waals surface area contributed by atoms with Crippen molar-refractivity contribution in [3.8, 4) is 11.6 Å². The summed E-state index contributed by atoms with van der Waals surface area (Å²) in [5.41, 5.74) is 7.11. The molecule has 0 radical (unpaired) electrons. The summed E-state index contributed by atoms with van der Waals surface area (Å²) in [6, 6.07) is 16.0. The molecule has 0 aliphatic carbocycles. The van der Waals surface area contributed by atoms with Crippen LogP contribution in [0.4, 0.5) is 10.8 Å². The number of carbonyl (C=O) groups excluding carboxylic acids is 1. The number of aliphatic hydroxyl groups excluding tert-OH is 1. The Labute approximate surface area is 255 Å². The van der Waals surface area contributed by atoms with E-state index in [2.05, 4.69) is 15.3 Å². The van der Waals surface area contributed by atoms with Crippen molar-refractivity contribution in [3.63, 3.8) is 0 Å². The Bertz CT molecular complexity index is 1680. The zero-order valence-electron chi connectivity index (χ0n) is 24.3. The van der Waals surface area contributed by atoms with Gasteiger partial charge in [-0.05, 0) is 42.2 Å². The molecule has 0 saturated carbocycles. The van der Waals surface area contributed by atoms with E-state index < -0.39 is 34.4 Å². The lowest BCUT2D eigenvalue weighted by Gasteiger charge is -2.31. The highest BCUT2D eigenvalue weighted by Gasteiger charge is 2.32. The number of anilines is 1. The molecule has 2 aromatic heterocycles. The van der Waals surface area contributed by atoms with E-state index >= 15 is 0 Å². The van der Waals surface area contributed by atoms with Gasteiger partial charge in [-0.15, -0.1) is 0 Å². The van der Waals surface area contributed by atoms with Gasteiger partial charge in [-0.2, -0.15) is 9.29 Å². The van der Waals surface area contributed by atoms with Crippen molar-refractivity contribution >= 4 is 33.2 Å². The Kier molecular flexibility index (Phi) is 9.52. The van der Waals surface area contributed by atoms with Crippen molar-refractivity contribution in [2.24, 2.45) is 5.92 Å². The molecule has 5 rings (SSSR count). The van der Waals surface area contributed by atoms with E-state index in [0.29, 0.717) is 17.1 Å². The first-order valence-electron chi connectivity index (χ1n) is 14.1. The molecule has 4 aromatic rings. The number of sulfonamides is 1. The van der Waals surface area contributed by atoms with Crippen LogP contribution in [0, 0.1) is 5.92 Å². The van der Waals surface area contributed by atoms with Gasteiger partial charge < -0.3 is 34.8 Å². The number of fused-ring (bicyclic) bond motifs is 2. The van der Waals surface area contributed by atoms with Gasteiger partial charge in [0.2, 0.25) is 10.0 Å². The molecule has 0 fully saturated rings. The standard InChI is InChI=1S/C30H35N5O8S/c1-19(2)15-35(44(38,39)22-10-11-23-27(14-22)43-29(31)33-23)16-25(36)24(13-20-7-4-3-5-8-20)34-30(37)41-18-21-17-40-28-26(42-21)9-6-12-32-28/h3-12,14,19,21,24-25,36H,13,15-18H2,1-2H3,(H2,31,33)(H,34,37). The summed E-state index contributed by atoms with van der Waals surface area (Å²) in [5, 5.41) is 14.2. The number of amides is 1. The third-order valence-corrected chi connectivity index (χ3v) is 8.70. The van der Waals surface area contributed by atoms with Crippen LogP contribution in [0.15, 0.2) is 76.2 Å². The second-order valence-electron chi connectivity index (χ2n) is 10.9. The van der Waals surface area contributed by atoms with Crippen molar-refractivity contribution in [2.75, 3.05) is 32.0 Å². The molecule has 1 aliphatic heterocycles. The maximum Gasteiger partial charge on any atom is 0.407 e. The maximum atomic E-state index is 13.8. The zero-order valence-corrected chi connectivity index (χ0v) is 25.1. The predicted octanol–water partition coefficient (Wildman–Crippen LogP) is 2.99. The van der Waals surface area contributed by atoms with Crippen molar-refractivity contribution in [1.29, 1.82) is 0 Å². The topological polar surface area (TPSA) is 179 Å². The Morgan fingerprint density at radius 3 is 2.73 bits per heavy atom. The lowest BCUT2D eigenvalue weighted by atomic mass is 10.0. The molecule has 3 heterocycles. The van der Waals surface area contributed by atoms with Crippen LogP contribution in [0.25, 0.3) is 11.1 Å². The van der Waals surface area contributed by atoms with Crippen LogP contribution in [0.3, 0.4) is 0 Å². The van der Waals surface area contributed by atoms with Crippen LogP contribution in [0.5, 0.6) is 11.6 Å². The van der Waals surface area contributed by atoms with Crippen LogP contribution < -0.4 is 20.5 Å². The number of nitrogens with one attached hydrogen (secondary N) is 1. The van der Waals surface area contributed by atoms with Gasteiger partial charge in [0, 0.05) is 25.4 Å². The number of alkyl carbamates (subject to hydrolysis) is 1. The molecule has 0 spiro atoms. The Hall–Kier alpha value is -4.40. The number of aliphatic hydroxyl groups is 1. The smallest absolute Gasteiger partial charge is 0.407 e. The number of benzene rings is 2. The highest BCUT2D eigenvalue weighted by atomic mass is 32.2. The number of carbonyl (C=O) groups is 1. The monoisotopic (exact) mass is 625 g/mol. The van der Waals surface area contributed by atoms with E-state index in [0.717, 1.165) is 5.56 Å². The van der Waals surface area contributed by atoms with Gasteiger partial charge in [-0.1, -0.05) is 44.2 Å². The van der Waals surface area contributed by atoms with Gasteiger partial charge in [0.05, 0.1) is 17.0 Å². The molecule has 13 nitrogen and oxygen atoms in total. The highest BCUT2D eigenvalue weighted by molar-refractivity contribution is 7.89. The maximum absolute atomic E-state index is 13.8. The number of oxazole rings is 1. The molecular weight excluding hydrogens is 590 g/mol. The van der Waals surface area contributed by atoms with E-state index in [1.54, 1.807) is 18.3 Å². The summed E-state index contributed by atoms with van der Waals surface area (Å²) < 4.78 is 50.9. The largest absolute Gasteiger partial charge is 0.478 e. The summed E-state index contributed by atoms with van der Waals surface area (Å²) in [5.74, 6) is 0.748. The molecule has 14 heteroatoms. The van der Waals surface area contributed by atoms with E-state index in [9.17, 15) is 18.3 Å². The van der Waals surface area contributed by atoms with Gasteiger partial charge in [0.15, 0.2) is 17.4 Å². The molecule has 44 heavy (non-hydrogen) atoms. The van der Waals surface area contributed by atoms with E-state index in [1.807, 2.05) is 44.2 Å². The Balaban J connectivity index is 1.30. The Morgan fingerprint density at radius 2 is 1.95 bits per heavy atom. The molecule has 1 amide bonds. The molecule has 3 unspecified atom stereocenters. The van der Waals surface area contributed by atoms with Gasteiger partial charge >= 0.3 is 6.09 Å². The fourth-order valence-corrected chi connectivity index (χ4v) is 6.44. The van der Waals surface area contributed by atoms with Crippen LogP contribution in [-0.2, 0) is 21.2 Å². The first-order valence-corrected chi connectivity index (χ1v) is 15.6. The number of rotatable bonds is 12. The fraction of sp³-hybridized carbons (Fsp3) is 0.367. The number of aromatic nitrogens is 2. The van der Waals surface area contributed by atoms with Gasteiger partial charge in [-0.25, -0.2) is 18.2 Å². The number of nitrogens with zero attached hydrogens (tertiary/aromatic N) is 3. The van der Waals surface area contributed by atoms with E-state index in [4.69, 9.17) is 24.4 Å². The fourth-order valence-electron chi connectivity index (χ4n) is 4.80. The van der Waals surface area contributed by atoms with Gasteiger partial charge in [-0.3, -0.25) is 0 Å². The minimum absolute atomic E-state index is 0.0348. The second-order valence-corrected chi connectivity index (χ2v) is 12.8. The summed E-state index contributed by atoms with van der Waals surface area (Å²) in [6.45, 7) is 3.60. The van der Waals surface area contributed by atoms with Crippen LogP contribution in [0.2, 0.25) is 0 Å². The van der Waals surface area contributed by atoms with Gasteiger partial charge in [0.1, 0.15) is 18.7 Å². The van der Waals surface area contributed by atoms with Crippen LogP contribution in [-0.4, -0.2) is 78.4 Å². The number of nitrogens with two attached hydrogens (primary N) is 1. The summed E-state index contributed by atoms with van der Waals surface area (Å²) in [6.07, 6.45) is -0.842. The van der Waals surface area contributed by atoms with Crippen LogP contribution in [0.1, 0.15) is 19.4 Å². The first-order chi connectivity index (χ1) is 21.1. The lowest BCUT2D eigenvalue weighted by molar-refractivity contribution is 0.0269. The van der Waals surface area contributed by atoms with Crippen molar-refractivity contribution in [3.05, 3.63) is 72.4 Å². The van der Waals surface area contributed by atoms with Gasteiger partial charge in [0.25, 0.3) is 11.9 Å². The first kappa shape index (κ1) is 31.0. The van der Waals surface area contributed by atoms with Crippen molar-refractivity contribution < 1.29 is 36.9 Å². The molecule has 234 valence electrons. The minimum Gasteiger partial charge on any atom is -0.478 e. The predicted molar refractivity (Wildman–Crippen MR) is 161 cm³/mol. The van der Waals surface area contributed by atoms with Crippen molar-refractivity contribution in [2.45, 2.75) is 43.4 Å². The molecular formula is C30H35N5O8S. The minimum atomic E-state index is -4.09. The van der Waals surface area contributed by atoms with E-state index in [-0.39, 0.29) is 55.1 Å². The molecule has 1 aliphatic rings. The molecule has 2 aromatic carbocycles. The number of nitrogen functional groups attached to an aromatic ring is 1. The normalized spacial score (nSPS) is 16.2. The molecule has 3 atom stereocenters. The summed E-state index contributed by atoms with van der Waals surface area (Å²) in [4.78, 5) is 21.0. The van der Waals surface area contributed by atoms with E-state index in [1.165, 1.54) is 22.5 Å². The SMILES string of the molecule is CC(C)CN(CC(O)C(Cc1ccccc1)NC(=O)OCC1COc2ncccc2O1)S(=O)(=O)c1ccc2nc(N)oc2c1. The highest BCUT2D eigenvalue weighted by Crippen LogP contribution is 2.28. The Morgan fingerprint density at radius 1 is 1.16 bits per heavy atom. The quantitative estimate of drug-likeness (QED) is 0.211. The third kappa shape index (κ3) is 7.56. The number of hydrogen-bond acceptors (Lipinski definition) is 11. The third-order valence-electron chi connectivity index (χ3n) is 6.88. The number of ether oxygens (including phenoxy) is 3. The average molecular weight is 626 g/mol. The number of pyridine rings is 1. The average Bonchev–Trinajstić information content (AvgIpc) is 3.39. The summed E-state index contributed by atoms with van der Waals surface area (Å²) >= 11 is 0. The second kappa shape index (κ2) is 13.5. The van der Waals surface area contributed by atoms with Crippen LogP contribution >= 0.6 is 0 Å². The summed E-state index contributed by atoms with van der Waals surface area (Å²) in [7, 11) is -4.09. The van der Waals surface area contributed by atoms with Crippen molar-refractivity contribution in [1.82, 2.24) is 19.6 Å². The molecule has 0 saturated heterocycles. The lowest BCUT2D eigenvalue weighted by Crippen LogP contribution is -2.51. The zero-order chi connectivity index (χ0) is 31.3. The number of hydrogen-bond donors (Lipinski definition) is 3.